The molecule has 0 spiro atoms. The summed E-state index contributed by atoms with van der Waals surface area (Å²) >= 11 is 0. The van der Waals surface area contributed by atoms with E-state index in [1.165, 1.54) is 6.08 Å². The van der Waals surface area contributed by atoms with Gasteiger partial charge in [-0.05, 0) is 31.4 Å². The Labute approximate surface area is 161 Å². The second-order valence-corrected chi connectivity index (χ2v) is 7.51. The summed E-state index contributed by atoms with van der Waals surface area (Å²) in [6, 6.07) is 8.21. The van der Waals surface area contributed by atoms with E-state index in [1.54, 1.807) is 31.2 Å². The Morgan fingerprint density at radius 2 is 1.70 bits per heavy atom. The van der Waals surface area contributed by atoms with E-state index >= 15 is 0 Å². The lowest BCUT2D eigenvalue weighted by Crippen LogP contribution is -2.38. The fourth-order valence-electron chi connectivity index (χ4n) is 2.29. The Morgan fingerprint density at radius 3 is 2.41 bits per heavy atom. The number of urea groups is 1. The number of sulfonamides is 1. The van der Waals surface area contributed by atoms with E-state index in [9.17, 15) is 18.0 Å². The molecular formula is C19H28N2O5S. The van der Waals surface area contributed by atoms with Gasteiger partial charge >= 0.3 is 12.0 Å². The van der Waals surface area contributed by atoms with Gasteiger partial charge in [0.15, 0.2) is 0 Å². The third-order valence-corrected chi connectivity index (χ3v) is 4.59. The molecule has 1 aromatic rings. The molecule has 150 valence electrons. The first-order chi connectivity index (χ1) is 12.9. The number of esters is 1. The van der Waals surface area contributed by atoms with E-state index in [1.807, 2.05) is 10.8 Å². The molecule has 0 atom stereocenters. The van der Waals surface area contributed by atoms with Gasteiger partial charge in [-0.3, -0.25) is 4.79 Å². The predicted octanol–water partition coefficient (Wildman–Crippen LogP) is 3.19. The van der Waals surface area contributed by atoms with Crippen molar-refractivity contribution in [3.8, 4) is 0 Å². The second kappa shape index (κ2) is 12.9. The largest absolute Gasteiger partial charge is 0.466 e. The summed E-state index contributed by atoms with van der Waals surface area (Å²) in [6.07, 6.45) is 6.15. The third-order valence-electron chi connectivity index (χ3n) is 3.62. The number of nitrogens with one attached hydrogen (secondary N) is 2. The average Bonchev–Trinajstić information content (AvgIpc) is 2.63. The molecule has 0 fully saturated rings. The van der Waals surface area contributed by atoms with Gasteiger partial charge in [0.1, 0.15) is 0 Å². The van der Waals surface area contributed by atoms with Crippen molar-refractivity contribution in [1.29, 1.82) is 0 Å². The second-order valence-electron chi connectivity index (χ2n) is 5.94. The minimum atomic E-state index is -3.83. The molecule has 0 heterocycles. The molecule has 2 N–H and O–H groups in total. The molecule has 7 nitrogen and oxygen atoms in total. The Hall–Kier alpha value is -2.35. The van der Waals surface area contributed by atoms with Crippen LogP contribution in [0.3, 0.4) is 0 Å². The first-order valence-electron chi connectivity index (χ1n) is 9.12. The van der Waals surface area contributed by atoms with Crippen LogP contribution in [0.5, 0.6) is 0 Å². The lowest BCUT2D eigenvalue weighted by molar-refractivity contribution is -0.143. The molecule has 8 heteroatoms. The van der Waals surface area contributed by atoms with Gasteiger partial charge in [0.2, 0.25) is 0 Å². The van der Waals surface area contributed by atoms with Crippen LogP contribution in [0.25, 0.3) is 6.08 Å². The number of carbonyl (C=O) groups is 2. The molecule has 0 aliphatic carbocycles. The zero-order valence-corrected chi connectivity index (χ0v) is 16.5. The quantitative estimate of drug-likeness (QED) is 0.417. The number of hydrogen-bond donors (Lipinski definition) is 2. The van der Waals surface area contributed by atoms with Gasteiger partial charge in [-0.2, -0.15) is 0 Å². The van der Waals surface area contributed by atoms with Crippen molar-refractivity contribution in [2.24, 2.45) is 0 Å². The van der Waals surface area contributed by atoms with E-state index in [0.29, 0.717) is 19.6 Å². The fraction of sp³-hybridized carbons (Fsp3) is 0.474. The Morgan fingerprint density at radius 1 is 1.04 bits per heavy atom. The highest BCUT2D eigenvalue weighted by molar-refractivity contribution is 7.93. The van der Waals surface area contributed by atoms with Crippen LogP contribution >= 0.6 is 0 Å². The highest BCUT2D eigenvalue weighted by Gasteiger charge is 2.10. The zero-order valence-electron chi connectivity index (χ0n) is 15.6. The maximum atomic E-state index is 11.8. The number of hydrogen-bond acceptors (Lipinski definition) is 5. The average molecular weight is 397 g/mol. The van der Waals surface area contributed by atoms with Gasteiger partial charge in [-0.25, -0.2) is 17.9 Å². The molecule has 0 aromatic heterocycles. The molecule has 0 saturated carbocycles. The van der Waals surface area contributed by atoms with Crippen LogP contribution in [0.15, 0.2) is 35.7 Å². The summed E-state index contributed by atoms with van der Waals surface area (Å²) in [6.45, 7) is 2.58. The van der Waals surface area contributed by atoms with Crippen LogP contribution in [0.2, 0.25) is 0 Å². The Kier molecular flexibility index (Phi) is 10.9. The monoisotopic (exact) mass is 396 g/mol. The van der Waals surface area contributed by atoms with E-state index in [4.69, 9.17) is 4.74 Å². The summed E-state index contributed by atoms with van der Waals surface area (Å²) < 4.78 is 30.4. The van der Waals surface area contributed by atoms with Crippen molar-refractivity contribution in [3.63, 3.8) is 0 Å². The first-order valence-corrected chi connectivity index (χ1v) is 10.7. The standard InChI is InChI=1S/C19H28N2O5S/c1-2-26-18(22)13-9-4-3-5-10-15-20-19(23)21-27(24,25)16-14-17-11-7-6-8-12-17/h6-8,11-12,14,16H,2-5,9-10,13,15H2,1H3,(H2,20,21,23). The van der Waals surface area contributed by atoms with Crippen molar-refractivity contribution in [2.75, 3.05) is 13.2 Å². The van der Waals surface area contributed by atoms with Crippen LogP contribution < -0.4 is 10.0 Å². The molecule has 1 aromatic carbocycles. The molecule has 27 heavy (non-hydrogen) atoms. The molecule has 0 saturated heterocycles. The minimum Gasteiger partial charge on any atom is -0.466 e. The van der Waals surface area contributed by atoms with Crippen molar-refractivity contribution < 1.29 is 22.7 Å². The van der Waals surface area contributed by atoms with Gasteiger partial charge in [-0.1, -0.05) is 49.6 Å². The van der Waals surface area contributed by atoms with Gasteiger partial charge in [-0.15, -0.1) is 0 Å². The summed E-state index contributed by atoms with van der Waals surface area (Å²) in [7, 11) is -3.83. The number of carbonyl (C=O) groups excluding carboxylic acids is 2. The van der Waals surface area contributed by atoms with Crippen LogP contribution in [-0.2, 0) is 19.6 Å². The topological polar surface area (TPSA) is 102 Å². The molecular weight excluding hydrogens is 368 g/mol. The van der Waals surface area contributed by atoms with Crippen molar-refractivity contribution >= 4 is 28.1 Å². The Balaban J connectivity index is 2.13. The predicted molar refractivity (Wildman–Crippen MR) is 105 cm³/mol. The van der Waals surface area contributed by atoms with E-state index in [-0.39, 0.29) is 5.97 Å². The maximum absolute atomic E-state index is 11.8. The molecule has 0 unspecified atom stereocenters. The summed E-state index contributed by atoms with van der Waals surface area (Å²) in [4.78, 5) is 22.8. The van der Waals surface area contributed by atoms with Crippen LogP contribution in [0.4, 0.5) is 4.79 Å². The number of unbranched alkanes of at least 4 members (excludes halogenated alkanes) is 4. The smallest absolute Gasteiger partial charge is 0.328 e. The molecule has 1 rings (SSSR count). The Bertz CT molecular complexity index is 702. The zero-order chi connectivity index (χ0) is 20.0. The third kappa shape index (κ3) is 11.8. The van der Waals surface area contributed by atoms with Crippen molar-refractivity contribution in [3.05, 3.63) is 41.3 Å². The lowest BCUT2D eigenvalue weighted by Gasteiger charge is -2.06. The fourth-order valence-corrected chi connectivity index (χ4v) is 3.03. The first kappa shape index (κ1) is 22.7. The minimum absolute atomic E-state index is 0.168. The van der Waals surface area contributed by atoms with Crippen molar-refractivity contribution in [1.82, 2.24) is 10.0 Å². The van der Waals surface area contributed by atoms with Crippen LogP contribution in [0.1, 0.15) is 51.0 Å². The van der Waals surface area contributed by atoms with Crippen molar-refractivity contribution in [2.45, 2.75) is 45.4 Å². The highest BCUT2D eigenvalue weighted by atomic mass is 32.2. The van der Waals surface area contributed by atoms with Gasteiger partial charge in [0, 0.05) is 13.0 Å². The van der Waals surface area contributed by atoms with Crippen LogP contribution in [-0.4, -0.2) is 33.6 Å². The summed E-state index contributed by atoms with van der Waals surface area (Å²) in [5.41, 5.74) is 0.728. The highest BCUT2D eigenvalue weighted by Crippen LogP contribution is 2.06. The number of ether oxygens (including phenoxy) is 1. The summed E-state index contributed by atoms with van der Waals surface area (Å²) in [5, 5.41) is 3.49. The maximum Gasteiger partial charge on any atom is 0.328 e. The van der Waals surface area contributed by atoms with Crippen LogP contribution in [0, 0.1) is 0 Å². The molecule has 0 aliphatic rings. The number of benzene rings is 1. The molecule has 0 bridgehead atoms. The van der Waals surface area contributed by atoms with E-state index < -0.39 is 16.1 Å². The lowest BCUT2D eigenvalue weighted by atomic mass is 10.1. The van der Waals surface area contributed by atoms with Gasteiger partial charge in [0.05, 0.1) is 12.0 Å². The molecule has 2 amide bonds. The normalized spacial score (nSPS) is 11.3. The SMILES string of the molecule is CCOC(=O)CCCCCCCNC(=O)NS(=O)(=O)C=Cc1ccccc1. The van der Waals surface area contributed by atoms with Gasteiger partial charge in [0.25, 0.3) is 10.0 Å². The van der Waals surface area contributed by atoms with E-state index in [2.05, 4.69) is 5.32 Å². The molecule has 0 radical (unpaired) electrons. The summed E-state index contributed by atoms with van der Waals surface area (Å²) in [5.74, 6) is -0.168. The van der Waals surface area contributed by atoms with Gasteiger partial charge < -0.3 is 10.1 Å². The number of rotatable bonds is 12. The number of amides is 2. The molecule has 0 aliphatic heterocycles. The van der Waals surface area contributed by atoms with E-state index in [0.717, 1.165) is 43.1 Å².